The number of benzene rings is 5. The van der Waals surface area contributed by atoms with Crippen molar-refractivity contribution in [1.82, 2.24) is 37.2 Å². The molecule has 7 heterocycles. The lowest BCUT2D eigenvalue weighted by Crippen LogP contribution is -2.64. The van der Waals surface area contributed by atoms with Crippen molar-refractivity contribution in [3.05, 3.63) is 120 Å². The summed E-state index contributed by atoms with van der Waals surface area (Å²) in [5.74, 6) is -14.6. The number of carboxylic acids is 1. The van der Waals surface area contributed by atoms with Crippen LogP contribution in [-0.4, -0.2) is 186 Å². The van der Waals surface area contributed by atoms with Crippen LogP contribution >= 0.6 is 45.8 Å². The van der Waals surface area contributed by atoms with Crippen molar-refractivity contribution >= 4 is 93.1 Å². The minimum atomic E-state index is -2.30. The number of phenols is 2. The third-order valence-corrected chi connectivity index (χ3v) is 19.3. The number of fused-ring (bicyclic) bond motifs is 15. The summed E-state index contributed by atoms with van der Waals surface area (Å²) in [5.41, 5.74) is 9.11. The van der Waals surface area contributed by atoms with Gasteiger partial charge in [0.1, 0.15) is 83.7 Å². The number of amides is 7. The first-order valence-electron chi connectivity index (χ1n) is 31.6. The highest BCUT2D eigenvalue weighted by molar-refractivity contribution is 14.1. The summed E-state index contributed by atoms with van der Waals surface area (Å²) in [7, 11) is 1.48. The molecule has 0 aromatic heterocycles. The highest BCUT2D eigenvalue weighted by atomic mass is 127. The average molecular weight is 1560 g/mol. The number of carboxylic acid groups (broad SMARTS) is 1. The van der Waals surface area contributed by atoms with E-state index in [9.17, 15) is 69.9 Å². The van der Waals surface area contributed by atoms with E-state index in [2.05, 4.69) is 37.2 Å². The van der Waals surface area contributed by atoms with Crippen LogP contribution < -0.4 is 62.9 Å². The van der Waals surface area contributed by atoms with Crippen molar-refractivity contribution in [2.45, 2.75) is 156 Å². The molecule has 101 heavy (non-hydrogen) atoms. The van der Waals surface area contributed by atoms with Gasteiger partial charge in [-0.25, -0.2) is 4.79 Å². The minimum absolute atomic E-state index is 0.0356. The maximum Gasteiger partial charge on any atom is 0.330 e. The molecule has 12 rings (SSSR count). The van der Waals surface area contributed by atoms with E-state index in [1.807, 2.05) is 36.4 Å². The third kappa shape index (κ3) is 16.2. The van der Waals surface area contributed by atoms with Crippen LogP contribution in [-0.2, 0) is 52.6 Å². The second kappa shape index (κ2) is 30.7. The summed E-state index contributed by atoms with van der Waals surface area (Å²) >= 11 is 16.0. The Kier molecular flexibility index (Phi) is 22.9. The molecule has 5 aromatic rings. The zero-order chi connectivity index (χ0) is 73.5. The number of halogens is 3. The molecule has 542 valence electrons. The Balaban J connectivity index is 1.24. The van der Waals surface area contributed by atoms with Crippen LogP contribution in [0.3, 0.4) is 0 Å². The first-order valence-corrected chi connectivity index (χ1v) is 33.4. The Labute approximate surface area is 598 Å². The molecule has 7 aliphatic heterocycles. The van der Waals surface area contributed by atoms with Gasteiger partial charge in [-0.15, -0.1) is 0 Å². The molecule has 0 aliphatic carbocycles. The Morgan fingerprint density at radius 3 is 1.93 bits per heavy atom. The van der Waals surface area contributed by atoms with E-state index in [-0.39, 0.29) is 66.7 Å². The summed E-state index contributed by atoms with van der Waals surface area (Å²) in [6.07, 6.45) is -18.4. The van der Waals surface area contributed by atoms with E-state index in [0.29, 0.717) is 0 Å². The molecule has 5 aromatic carbocycles. The van der Waals surface area contributed by atoms with Crippen molar-refractivity contribution < 1.29 is 113 Å². The predicted molar refractivity (Wildman–Crippen MR) is 360 cm³/mol. The van der Waals surface area contributed by atoms with Crippen LogP contribution in [0.5, 0.6) is 40.2 Å². The van der Waals surface area contributed by atoms with Crippen LogP contribution in [0.4, 0.5) is 0 Å². The Morgan fingerprint density at radius 1 is 0.743 bits per heavy atom. The molecule has 32 nitrogen and oxygen atoms in total. The fourth-order valence-electron chi connectivity index (χ4n) is 12.5. The lowest BCUT2D eigenvalue weighted by molar-refractivity contribution is -0.333. The average Bonchev–Trinajstić information content (AvgIpc) is 0.775. The number of aliphatic hydroxyl groups is 6. The van der Waals surface area contributed by atoms with E-state index in [1.54, 1.807) is 0 Å². The lowest BCUT2D eigenvalue weighted by atomic mass is 9.86. The van der Waals surface area contributed by atoms with Crippen molar-refractivity contribution in [3.8, 4) is 51.4 Å². The van der Waals surface area contributed by atoms with Gasteiger partial charge in [0.25, 0.3) is 0 Å². The number of aromatic hydroxyl groups is 2. The zero-order valence-corrected chi connectivity index (χ0v) is 57.9. The van der Waals surface area contributed by atoms with Gasteiger partial charge in [0, 0.05) is 32.7 Å². The number of nitrogens with two attached hydrogens (primary N) is 2. The van der Waals surface area contributed by atoms with E-state index in [0.717, 1.165) is 42.5 Å². The fourth-order valence-corrected chi connectivity index (χ4v) is 13.5. The smallest absolute Gasteiger partial charge is 0.330 e. The zero-order valence-electron chi connectivity index (χ0n) is 54.3. The number of hydrogen-bond donors (Lipinski definition) is 18. The monoisotopic (exact) mass is 1560 g/mol. The second-order valence-corrected chi connectivity index (χ2v) is 27.7. The number of phenolic OH excluding ortho intramolecular Hbond substituents is 2. The van der Waals surface area contributed by atoms with Crippen molar-refractivity contribution in [1.29, 1.82) is 0 Å². The molecule has 0 unspecified atom stereocenters. The Morgan fingerprint density at radius 2 is 1.35 bits per heavy atom. The van der Waals surface area contributed by atoms with Crippen LogP contribution in [0.25, 0.3) is 11.1 Å². The topological polar surface area (TPSA) is 510 Å². The van der Waals surface area contributed by atoms with Crippen molar-refractivity contribution in [2.24, 2.45) is 17.4 Å². The van der Waals surface area contributed by atoms with Gasteiger partial charge >= 0.3 is 5.97 Å². The molecule has 0 radical (unpaired) electrons. The molecule has 18 atom stereocenters. The van der Waals surface area contributed by atoms with Gasteiger partial charge in [-0.3, -0.25) is 33.6 Å². The maximum absolute atomic E-state index is 16.1. The Bertz CT molecular complexity index is 4080. The van der Waals surface area contributed by atoms with Gasteiger partial charge in [0.15, 0.2) is 29.9 Å². The molecular weight excluding hydrogens is 1480 g/mol. The number of carbonyl (C=O) groups is 8. The van der Waals surface area contributed by atoms with Crippen LogP contribution in [0.1, 0.15) is 105 Å². The van der Waals surface area contributed by atoms with Crippen LogP contribution in [0.2, 0.25) is 10.0 Å². The first-order chi connectivity index (χ1) is 47.7. The molecule has 20 N–H and O–H groups in total. The third-order valence-electron chi connectivity index (χ3n) is 17.7. The standard InChI is InChI=1S/C66H74Cl2IN9O23/c1-23(2)12-35(72-5)58(88)77-49-51(83)26-7-10-38(32(67)14-26)97-40-16-28-17-41(55(40)101-65-56(54(86)53(85)42(22-79)99-65)100-44-21-66(4,71)57(87)24(3)96-44)98-39-11-8-27(15-33(39)68)52(84)50-63(93)76-48(64(94)95)31-18-29(80)19-37(81)45(31)30-13-25(6-9-34(30)69)46(60(90)78-50)75-61(91)47(28)74-59(89)36(20-43(70)82)73-62(49)92/h6-11,13-19,23-24,35-36,42,44,46-54,56-57,65,72,79-81,83-87H,12,20-22,71H2,1-5H3,(H2,70,82)(H,73,92)(H,74,89)(H,75,91)(H,76,93)(H,77,88)(H,78,90)(H,94,95)/t24-,35+,36-,42+,44-,46+,47+,48-,49+,50-,51+,52+,53+,54-,56+,57+,65-,66-/m0/s1. The number of aliphatic hydroxyl groups excluding tert-OH is 6. The summed E-state index contributed by atoms with van der Waals surface area (Å²) in [4.78, 5) is 117. The number of hydrogen-bond acceptors (Lipinski definition) is 24. The van der Waals surface area contributed by atoms with Gasteiger partial charge in [0.2, 0.25) is 53.4 Å². The first kappa shape index (κ1) is 75.4. The summed E-state index contributed by atoms with van der Waals surface area (Å²) in [6, 6.07) is 1.01. The number of nitrogens with one attached hydrogen (secondary N) is 7. The van der Waals surface area contributed by atoms with E-state index < -0.39 is 214 Å². The summed E-state index contributed by atoms with van der Waals surface area (Å²) in [6.45, 7) is 5.71. The SMILES string of the molecule is CN[C@H](CC(C)C)C(=O)N[C@H]1C(=O)N[C@@H](CC(N)=O)C(=O)N[C@H]2C(=O)N[C@H]3C(=O)N[C@H](C(=O)N[C@H](C(=O)O)c4cc(O)cc(O)c4-c4cc3ccc4I)[C@H](O)c3ccc(c(Cl)c3)Oc3cc2cc(c3O[C@@H]2O[C@H](CO)[C@@H](O)[C@H](O)[C@H]2O[C@H]2C[C@](C)(N)[C@H](O)[C@H](C)O2)Oc2ccc(cc2Cl)[C@H]1O. The molecule has 35 heteroatoms. The fraction of sp³-hybridized carbons (Fsp3) is 0.424. The van der Waals surface area contributed by atoms with Gasteiger partial charge in [0.05, 0.1) is 41.3 Å². The number of likely N-dealkylation sites (N-methyl/N-ethyl adjacent to an activating group) is 1. The maximum atomic E-state index is 16.1. The van der Waals surface area contributed by atoms with Gasteiger partial charge in [-0.1, -0.05) is 55.2 Å². The van der Waals surface area contributed by atoms with Gasteiger partial charge in [-0.05, 0) is 138 Å². The summed E-state index contributed by atoms with van der Waals surface area (Å²) < 4.78 is 38.7. The van der Waals surface area contributed by atoms with E-state index in [1.165, 1.54) is 57.3 Å². The normalized spacial score (nSPS) is 29.4. The van der Waals surface area contributed by atoms with Crippen LogP contribution in [0.15, 0.2) is 78.9 Å². The predicted octanol–water partition coefficient (Wildman–Crippen LogP) is 1.01. The quantitative estimate of drug-likeness (QED) is 0.0731. The van der Waals surface area contributed by atoms with E-state index in [4.69, 9.17) is 63.1 Å². The number of carbonyl (C=O) groups excluding carboxylic acids is 7. The minimum Gasteiger partial charge on any atom is -0.508 e. The van der Waals surface area contributed by atoms with Gasteiger partial charge in [-0.2, -0.15) is 0 Å². The molecule has 0 saturated carbocycles. The summed E-state index contributed by atoms with van der Waals surface area (Å²) in [5, 5.41) is 120. The van der Waals surface area contributed by atoms with E-state index >= 15 is 14.4 Å². The van der Waals surface area contributed by atoms with Crippen molar-refractivity contribution in [3.63, 3.8) is 0 Å². The molecule has 2 saturated heterocycles. The van der Waals surface area contributed by atoms with Crippen LogP contribution in [0, 0.1) is 9.49 Å². The highest BCUT2D eigenvalue weighted by Crippen LogP contribution is 2.49. The number of rotatable bonds is 13. The molecule has 7 aliphatic rings. The molecule has 7 amide bonds. The molecule has 11 bridgehead atoms. The lowest BCUT2D eigenvalue weighted by Gasteiger charge is -2.47. The molecule has 2 fully saturated rings. The second-order valence-electron chi connectivity index (χ2n) is 25.7. The molecule has 0 spiro atoms. The number of aliphatic carboxylic acids is 1. The van der Waals surface area contributed by atoms with Crippen molar-refractivity contribution in [2.75, 3.05) is 13.7 Å². The van der Waals surface area contributed by atoms with Gasteiger partial charge < -0.3 is 123 Å². The Hall–Kier alpha value is -8.27. The number of ether oxygens (including phenoxy) is 6. The number of primary amides is 1. The molecular formula is C66H74Cl2IN9O23. The highest BCUT2D eigenvalue weighted by Gasteiger charge is 2.51. The largest absolute Gasteiger partial charge is 0.508 e.